The fourth-order valence-electron chi connectivity index (χ4n) is 3.23. The van der Waals surface area contributed by atoms with Crippen LogP contribution in [0.15, 0.2) is 42.9 Å². The minimum Gasteiger partial charge on any atom is -0.480 e. The number of carboxylic acid groups (broad SMARTS) is 1. The van der Waals surface area contributed by atoms with Crippen molar-refractivity contribution < 1.29 is 24.3 Å². The van der Waals surface area contributed by atoms with Crippen molar-refractivity contribution in [3.63, 3.8) is 0 Å². The Hall–Kier alpha value is -3.38. The number of thioether (sulfide) groups is 1. The molecule has 0 radical (unpaired) electrons. The lowest BCUT2D eigenvalue weighted by Crippen LogP contribution is -2.58. The van der Waals surface area contributed by atoms with E-state index in [2.05, 4.69) is 25.9 Å². The summed E-state index contributed by atoms with van der Waals surface area (Å²) in [4.78, 5) is 57.0. The first-order valence-electron chi connectivity index (χ1n) is 11.1. The second-order valence-electron chi connectivity index (χ2n) is 8.06. The molecule has 12 heteroatoms. The van der Waals surface area contributed by atoms with Gasteiger partial charge in [0.25, 0.3) is 0 Å². The van der Waals surface area contributed by atoms with Crippen molar-refractivity contribution >= 4 is 35.5 Å². The maximum Gasteiger partial charge on any atom is 0.326 e. The van der Waals surface area contributed by atoms with Gasteiger partial charge < -0.3 is 31.8 Å². The molecule has 0 aliphatic heterocycles. The quantitative estimate of drug-likeness (QED) is 0.205. The Kier molecular flexibility index (Phi) is 11.2. The normalized spacial score (nSPS) is 14.3. The number of carboxylic acids is 1. The topological polar surface area (TPSA) is 179 Å². The molecule has 0 fully saturated rings. The fourth-order valence-corrected chi connectivity index (χ4v) is 3.70. The Labute approximate surface area is 208 Å². The number of aromatic nitrogens is 2. The summed E-state index contributed by atoms with van der Waals surface area (Å²) in [6.45, 7) is 1.50. The lowest BCUT2D eigenvalue weighted by atomic mass is 10.0. The zero-order chi connectivity index (χ0) is 25.8. The van der Waals surface area contributed by atoms with Gasteiger partial charge in [0, 0.05) is 24.7 Å². The van der Waals surface area contributed by atoms with Crippen molar-refractivity contribution in [3.05, 3.63) is 54.1 Å². The summed E-state index contributed by atoms with van der Waals surface area (Å²) in [6, 6.07) is 5.04. The first-order valence-corrected chi connectivity index (χ1v) is 12.5. The van der Waals surface area contributed by atoms with Gasteiger partial charge >= 0.3 is 5.97 Å². The molecule has 2 aromatic rings. The van der Waals surface area contributed by atoms with Crippen LogP contribution in [-0.2, 0) is 32.0 Å². The lowest BCUT2D eigenvalue weighted by molar-refractivity contribution is -0.142. The molecule has 1 aromatic heterocycles. The molecular weight excluding hydrogens is 472 g/mol. The molecule has 11 nitrogen and oxygen atoms in total. The number of nitrogens with one attached hydrogen (secondary N) is 4. The lowest BCUT2D eigenvalue weighted by Gasteiger charge is -2.25. The molecule has 190 valence electrons. The molecule has 3 amide bonds. The zero-order valence-electron chi connectivity index (χ0n) is 19.7. The maximum absolute atomic E-state index is 13.2. The predicted molar refractivity (Wildman–Crippen MR) is 133 cm³/mol. The number of aromatic amines is 1. The summed E-state index contributed by atoms with van der Waals surface area (Å²) in [7, 11) is 0. The number of benzene rings is 1. The third kappa shape index (κ3) is 9.41. The van der Waals surface area contributed by atoms with Crippen LogP contribution in [0.4, 0.5) is 0 Å². The Morgan fingerprint density at radius 2 is 1.60 bits per heavy atom. The summed E-state index contributed by atoms with van der Waals surface area (Å²) in [5, 5.41) is 17.3. The van der Waals surface area contributed by atoms with E-state index in [1.54, 1.807) is 0 Å². The van der Waals surface area contributed by atoms with Crippen molar-refractivity contribution in [1.29, 1.82) is 0 Å². The van der Waals surface area contributed by atoms with E-state index < -0.39 is 47.9 Å². The van der Waals surface area contributed by atoms with Crippen molar-refractivity contribution in [3.8, 4) is 0 Å². The number of H-pyrrole nitrogens is 1. The van der Waals surface area contributed by atoms with E-state index in [0.29, 0.717) is 11.4 Å². The Morgan fingerprint density at radius 3 is 2.14 bits per heavy atom. The van der Waals surface area contributed by atoms with Crippen LogP contribution in [0, 0.1) is 0 Å². The van der Waals surface area contributed by atoms with Crippen molar-refractivity contribution in [1.82, 2.24) is 25.9 Å². The molecule has 4 atom stereocenters. The molecule has 1 aromatic carbocycles. The highest BCUT2D eigenvalue weighted by molar-refractivity contribution is 7.98. The third-order valence-corrected chi connectivity index (χ3v) is 5.81. The second kappa shape index (κ2) is 14.1. The summed E-state index contributed by atoms with van der Waals surface area (Å²) in [6.07, 6.45) is 5.24. The molecule has 4 unspecified atom stereocenters. The SMILES string of the molecule is CSCCC(NC(=O)C(Cc1cnc[nH]1)NC(=O)C(Cc1ccccc1)NC(=O)C(C)N)C(=O)O. The number of aliphatic carboxylic acids is 1. The summed E-state index contributed by atoms with van der Waals surface area (Å²) >= 11 is 1.46. The number of nitrogens with two attached hydrogens (primary N) is 1. The van der Waals surface area contributed by atoms with Crippen LogP contribution < -0.4 is 21.7 Å². The average Bonchev–Trinajstić information content (AvgIpc) is 3.34. The molecule has 0 spiro atoms. The highest BCUT2D eigenvalue weighted by Gasteiger charge is 2.30. The first-order chi connectivity index (χ1) is 16.7. The summed E-state index contributed by atoms with van der Waals surface area (Å²) in [5.41, 5.74) is 7.04. The van der Waals surface area contributed by atoms with E-state index in [-0.39, 0.29) is 19.3 Å². The number of carbonyl (C=O) groups is 4. The van der Waals surface area contributed by atoms with Crippen molar-refractivity contribution in [2.75, 3.05) is 12.0 Å². The van der Waals surface area contributed by atoms with Crippen LogP contribution in [0.2, 0.25) is 0 Å². The molecule has 0 saturated heterocycles. The number of hydrogen-bond acceptors (Lipinski definition) is 7. The van der Waals surface area contributed by atoms with Crippen LogP contribution in [-0.4, -0.2) is 74.9 Å². The van der Waals surface area contributed by atoms with Gasteiger partial charge in [-0.1, -0.05) is 30.3 Å². The van der Waals surface area contributed by atoms with Gasteiger partial charge in [-0.2, -0.15) is 11.8 Å². The smallest absolute Gasteiger partial charge is 0.326 e. The highest BCUT2D eigenvalue weighted by atomic mass is 32.2. The molecule has 0 saturated carbocycles. The van der Waals surface area contributed by atoms with E-state index in [1.807, 2.05) is 36.6 Å². The van der Waals surface area contributed by atoms with Gasteiger partial charge in [0.2, 0.25) is 17.7 Å². The number of imidazole rings is 1. The fraction of sp³-hybridized carbons (Fsp3) is 0.435. The van der Waals surface area contributed by atoms with Gasteiger partial charge in [-0.25, -0.2) is 9.78 Å². The van der Waals surface area contributed by atoms with Crippen LogP contribution in [0.25, 0.3) is 0 Å². The molecular formula is C23H32N6O5S. The van der Waals surface area contributed by atoms with Gasteiger partial charge in [-0.15, -0.1) is 0 Å². The monoisotopic (exact) mass is 504 g/mol. The van der Waals surface area contributed by atoms with Crippen LogP contribution in [0.1, 0.15) is 24.6 Å². The van der Waals surface area contributed by atoms with Gasteiger partial charge in [0.05, 0.1) is 12.4 Å². The second-order valence-corrected chi connectivity index (χ2v) is 9.05. The number of nitrogens with zero attached hydrogens (tertiary/aromatic N) is 1. The van der Waals surface area contributed by atoms with E-state index in [1.165, 1.54) is 31.2 Å². The average molecular weight is 505 g/mol. The zero-order valence-corrected chi connectivity index (χ0v) is 20.5. The molecule has 0 aliphatic rings. The van der Waals surface area contributed by atoms with E-state index in [4.69, 9.17) is 5.73 Å². The summed E-state index contributed by atoms with van der Waals surface area (Å²) in [5.74, 6) is -2.39. The third-order valence-electron chi connectivity index (χ3n) is 5.17. The Bertz CT molecular complexity index is 970. The predicted octanol–water partition coefficient (Wildman–Crippen LogP) is -0.166. The molecule has 35 heavy (non-hydrogen) atoms. The maximum atomic E-state index is 13.2. The number of hydrogen-bond donors (Lipinski definition) is 6. The van der Waals surface area contributed by atoms with Gasteiger partial charge in [-0.3, -0.25) is 14.4 Å². The minimum absolute atomic E-state index is 0.0474. The summed E-state index contributed by atoms with van der Waals surface area (Å²) < 4.78 is 0. The number of rotatable bonds is 14. The molecule has 1 heterocycles. The van der Waals surface area contributed by atoms with Crippen molar-refractivity contribution in [2.45, 2.75) is 50.4 Å². The number of carbonyl (C=O) groups excluding carboxylic acids is 3. The highest BCUT2D eigenvalue weighted by Crippen LogP contribution is 2.07. The Morgan fingerprint density at radius 1 is 1.00 bits per heavy atom. The molecule has 2 rings (SSSR count). The van der Waals surface area contributed by atoms with Crippen LogP contribution in [0.5, 0.6) is 0 Å². The molecule has 7 N–H and O–H groups in total. The first kappa shape index (κ1) is 27.9. The Balaban J connectivity index is 2.22. The number of amides is 3. The van der Waals surface area contributed by atoms with Gasteiger partial charge in [0.15, 0.2) is 0 Å². The van der Waals surface area contributed by atoms with Crippen molar-refractivity contribution in [2.24, 2.45) is 5.73 Å². The molecule has 0 aliphatic carbocycles. The van der Waals surface area contributed by atoms with Gasteiger partial charge in [-0.05, 0) is 30.9 Å². The minimum atomic E-state index is -1.16. The van der Waals surface area contributed by atoms with Gasteiger partial charge in [0.1, 0.15) is 18.1 Å². The van der Waals surface area contributed by atoms with Crippen LogP contribution in [0.3, 0.4) is 0 Å². The molecule has 0 bridgehead atoms. The van der Waals surface area contributed by atoms with E-state index in [0.717, 1.165) is 5.56 Å². The van der Waals surface area contributed by atoms with E-state index in [9.17, 15) is 24.3 Å². The standard InChI is InChI=1S/C23H32N6O5S/c1-14(24)20(30)28-18(10-15-6-4-3-5-7-15)21(31)29-19(11-16-12-25-13-26-16)22(32)27-17(23(33)34)8-9-35-2/h3-7,12-14,17-19H,8-11,24H2,1-2H3,(H,25,26)(H,27,32)(H,28,30)(H,29,31)(H,33,34). The van der Waals surface area contributed by atoms with E-state index >= 15 is 0 Å². The van der Waals surface area contributed by atoms with Crippen LogP contribution >= 0.6 is 11.8 Å². The largest absolute Gasteiger partial charge is 0.480 e.